The number of allylic oxidation sites excluding steroid dienone is 1. The van der Waals surface area contributed by atoms with Crippen LogP contribution >= 0.6 is 0 Å². The van der Waals surface area contributed by atoms with Crippen LogP contribution < -0.4 is 0 Å². The first-order valence-corrected chi connectivity index (χ1v) is 9.74. The van der Waals surface area contributed by atoms with Crippen molar-refractivity contribution in [1.29, 1.82) is 0 Å². The van der Waals surface area contributed by atoms with Crippen molar-refractivity contribution in [2.75, 3.05) is 0 Å². The predicted octanol–water partition coefficient (Wildman–Crippen LogP) is 1.89. The number of ether oxygens (including phenoxy) is 3. The van der Waals surface area contributed by atoms with Crippen molar-refractivity contribution in [2.45, 2.75) is 58.3 Å². The smallest absolute Gasteiger partial charge is 0.346 e. The van der Waals surface area contributed by atoms with Gasteiger partial charge in [0.25, 0.3) is 0 Å². The first-order chi connectivity index (χ1) is 13.2. The second kappa shape index (κ2) is 6.29. The Morgan fingerprint density at radius 1 is 1.18 bits per heavy atom. The van der Waals surface area contributed by atoms with Crippen LogP contribution in [0.5, 0.6) is 0 Å². The molecule has 0 amide bonds. The lowest BCUT2D eigenvalue weighted by atomic mass is 9.64. The van der Waals surface area contributed by atoms with Crippen molar-refractivity contribution in [1.82, 2.24) is 0 Å². The molecule has 7 heteroatoms. The van der Waals surface area contributed by atoms with Gasteiger partial charge in [0.05, 0.1) is 5.92 Å². The van der Waals surface area contributed by atoms with Crippen molar-refractivity contribution < 1.29 is 33.4 Å². The summed E-state index contributed by atoms with van der Waals surface area (Å²) in [5.41, 5.74) is -1.27. The lowest BCUT2D eigenvalue weighted by Gasteiger charge is -2.54. The Labute approximate surface area is 163 Å². The van der Waals surface area contributed by atoms with Crippen LogP contribution in [0.3, 0.4) is 0 Å². The summed E-state index contributed by atoms with van der Waals surface area (Å²) in [6, 6.07) is 0. The van der Waals surface area contributed by atoms with Gasteiger partial charge in [-0.3, -0.25) is 14.4 Å². The minimum atomic E-state index is -1.22. The lowest BCUT2D eigenvalue weighted by Crippen LogP contribution is -2.64. The van der Waals surface area contributed by atoms with Gasteiger partial charge in [0.15, 0.2) is 22.9 Å². The Morgan fingerprint density at radius 3 is 2.57 bits per heavy atom. The molecule has 0 radical (unpaired) electrons. The van der Waals surface area contributed by atoms with Gasteiger partial charge in [-0.15, -0.1) is 0 Å². The standard InChI is InChI=1S/C21H24O7/c1-9-7-10(2)16(24)15-19-21(28-20(15)25)8-11(3)17(27-19)18(26-12(4)22)13(21)5-6-14(9)23/h5-6,9-11,13,17-18H,7-8H2,1-4H3/b6-5-/t9-,10+,11+,13+,17+,18+,21+/m0/s1. The first kappa shape index (κ1) is 18.9. The van der Waals surface area contributed by atoms with Gasteiger partial charge in [-0.05, 0) is 12.5 Å². The zero-order chi connectivity index (χ0) is 20.4. The average molecular weight is 388 g/mol. The van der Waals surface area contributed by atoms with Crippen LogP contribution in [0.2, 0.25) is 0 Å². The number of Topliss-reactive ketones (excluding diaryl/α,β-unsaturated/α-hetero) is 1. The van der Waals surface area contributed by atoms with E-state index in [4.69, 9.17) is 14.2 Å². The molecule has 0 aromatic rings. The Balaban J connectivity index is 1.92. The van der Waals surface area contributed by atoms with Gasteiger partial charge in [0.1, 0.15) is 17.8 Å². The summed E-state index contributed by atoms with van der Waals surface area (Å²) in [6.07, 6.45) is 2.70. The molecule has 0 N–H and O–H groups in total. The number of ketones is 2. The Kier molecular flexibility index (Phi) is 4.25. The van der Waals surface area contributed by atoms with Gasteiger partial charge in [-0.1, -0.05) is 26.8 Å². The molecule has 2 aliphatic carbocycles. The summed E-state index contributed by atoms with van der Waals surface area (Å²) in [4.78, 5) is 50.1. The largest absolute Gasteiger partial charge is 0.485 e. The van der Waals surface area contributed by atoms with Crippen LogP contribution in [0.25, 0.3) is 0 Å². The Bertz CT molecular complexity index is 838. The second-order valence-electron chi connectivity index (χ2n) is 8.51. The van der Waals surface area contributed by atoms with Crippen LogP contribution in [0.15, 0.2) is 23.5 Å². The number of carbonyl (C=O) groups excluding carboxylic acids is 4. The molecule has 1 saturated carbocycles. The van der Waals surface area contributed by atoms with E-state index in [0.29, 0.717) is 12.8 Å². The van der Waals surface area contributed by atoms with Crippen LogP contribution in [0.1, 0.15) is 40.5 Å². The number of fused-ring (bicyclic) bond motifs is 1. The van der Waals surface area contributed by atoms with Crippen molar-refractivity contribution in [3.63, 3.8) is 0 Å². The molecule has 7 nitrogen and oxygen atoms in total. The van der Waals surface area contributed by atoms with E-state index in [-0.39, 0.29) is 34.7 Å². The van der Waals surface area contributed by atoms with Gasteiger partial charge >= 0.3 is 11.9 Å². The van der Waals surface area contributed by atoms with Gasteiger partial charge in [0, 0.05) is 31.1 Å². The lowest BCUT2D eigenvalue weighted by molar-refractivity contribution is -0.229. The Morgan fingerprint density at radius 2 is 1.89 bits per heavy atom. The molecule has 3 aliphatic heterocycles. The van der Waals surface area contributed by atoms with E-state index in [9.17, 15) is 19.2 Å². The highest BCUT2D eigenvalue weighted by molar-refractivity contribution is 6.20. The van der Waals surface area contributed by atoms with E-state index in [1.807, 2.05) is 6.92 Å². The first-order valence-electron chi connectivity index (χ1n) is 9.74. The van der Waals surface area contributed by atoms with Crippen LogP contribution in [-0.4, -0.2) is 41.3 Å². The average Bonchev–Trinajstić information content (AvgIpc) is 2.89. The topological polar surface area (TPSA) is 96.0 Å². The highest BCUT2D eigenvalue weighted by Gasteiger charge is 2.68. The third-order valence-electron chi connectivity index (χ3n) is 6.40. The monoisotopic (exact) mass is 388 g/mol. The number of hydrogen-bond acceptors (Lipinski definition) is 7. The van der Waals surface area contributed by atoms with E-state index >= 15 is 0 Å². The molecule has 3 fully saturated rings. The maximum absolute atomic E-state index is 13.1. The Hall–Kier alpha value is -2.44. The molecule has 7 atom stereocenters. The zero-order valence-corrected chi connectivity index (χ0v) is 16.4. The quantitative estimate of drug-likeness (QED) is 0.500. The van der Waals surface area contributed by atoms with Crippen molar-refractivity contribution in [3.05, 3.63) is 23.5 Å². The summed E-state index contributed by atoms with van der Waals surface area (Å²) >= 11 is 0. The number of esters is 2. The van der Waals surface area contributed by atoms with Crippen molar-refractivity contribution >= 4 is 23.5 Å². The van der Waals surface area contributed by atoms with E-state index in [2.05, 4.69) is 0 Å². The van der Waals surface area contributed by atoms with Crippen LogP contribution in [-0.2, 0) is 33.4 Å². The molecular weight excluding hydrogens is 364 g/mol. The molecular formula is C21H24O7. The number of carbonyl (C=O) groups is 4. The van der Waals surface area contributed by atoms with E-state index in [1.54, 1.807) is 19.9 Å². The normalized spacial score (nSPS) is 43.2. The molecule has 1 spiro atoms. The third-order valence-corrected chi connectivity index (χ3v) is 6.40. The zero-order valence-electron chi connectivity index (χ0n) is 16.4. The highest BCUT2D eigenvalue weighted by atomic mass is 16.6. The van der Waals surface area contributed by atoms with Crippen LogP contribution in [0, 0.1) is 23.7 Å². The molecule has 0 aromatic heterocycles. The molecule has 3 heterocycles. The van der Waals surface area contributed by atoms with Crippen molar-refractivity contribution in [2.24, 2.45) is 23.7 Å². The molecule has 150 valence electrons. The summed E-state index contributed by atoms with van der Waals surface area (Å²) in [5, 5.41) is 0. The van der Waals surface area contributed by atoms with Crippen molar-refractivity contribution in [3.8, 4) is 0 Å². The molecule has 28 heavy (non-hydrogen) atoms. The summed E-state index contributed by atoms with van der Waals surface area (Å²) in [7, 11) is 0. The fraction of sp³-hybridized carbons (Fsp3) is 0.619. The molecule has 2 saturated heterocycles. The molecule has 0 aromatic carbocycles. The molecule has 5 rings (SSSR count). The molecule has 5 aliphatic rings. The van der Waals surface area contributed by atoms with Crippen LogP contribution in [0.4, 0.5) is 0 Å². The minimum absolute atomic E-state index is 0.0503. The predicted molar refractivity (Wildman–Crippen MR) is 95.6 cm³/mol. The highest BCUT2D eigenvalue weighted by Crippen LogP contribution is 2.57. The molecule has 0 unspecified atom stereocenters. The van der Waals surface area contributed by atoms with Gasteiger partial charge in [-0.25, -0.2) is 4.79 Å². The summed E-state index contributed by atoms with van der Waals surface area (Å²) in [6.45, 7) is 6.71. The maximum atomic E-state index is 13.1. The second-order valence-corrected chi connectivity index (χ2v) is 8.51. The van der Waals surface area contributed by atoms with Gasteiger partial charge in [0.2, 0.25) is 0 Å². The van der Waals surface area contributed by atoms with E-state index < -0.39 is 41.6 Å². The van der Waals surface area contributed by atoms with E-state index in [1.165, 1.54) is 13.0 Å². The fourth-order valence-electron chi connectivity index (χ4n) is 5.10. The number of rotatable bonds is 1. The summed E-state index contributed by atoms with van der Waals surface area (Å²) < 4.78 is 17.4. The maximum Gasteiger partial charge on any atom is 0.346 e. The van der Waals surface area contributed by atoms with Gasteiger partial charge < -0.3 is 14.2 Å². The minimum Gasteiger partial charge on any atom is -0.485 e. The fourth-order valence-corrected chi connectivity index (χ4v) is 5.10. The van der Waals surface area contributed by atoms with E-state index in [0.717, 1.165) is 0 Å². The van der Waals surface area contributed by atoms with Gasteiger partial charge in [-0.2, -0.15) is 0 Å². The summed E-state index contributed by atoms with van der Waals surface area (Å²) in [5.74, 6) is -2.91. The SMILES string of the molecule is CC(=O)O[C@H]1[C@@H]2OC3=C4C(=O)O[C@]3(C[C@H]2C)[C@@H]1/C=C\C(=O)[C@@H](C)C[C@@H](C)C4=O. The third kappa shape index (κ3) is 2.55. The number of hydrogen-bond donors (Lipinski definition) is 0. The molecule has 5 bridgehead atoms.